The van der Waals surface area contributed by atoms with Crippen LogP contribution < -0.4 is 5.32 Å². The number of halogens is 2. The second-order valence-corrected chi connectivity index (χ2v) is 4.80. The Morgan fingerprint density at radius 1 is 1.10 bits per heavy atom. The summed E-state index contributed by atoms with van der Waals surface area (Å²) in [7, 11) is 0. The van der Waals surface area contributed by atoms with Crippen LogP contribution in [0.15, 0.2) is 12.1 Å². The lowest BCUT2D eigenvalue weighted by Gasteiger charge is -2.35. The van der Waals surface area contributed by atoms with Crippen molar-refractivity contribution >= 4 is 0 Å². The molecule has 1 aliphatic heterocycles. The average molecular weight is 288 g/mol. The van der Waals surface area contributed by atoms with Crippen LogP contribution in [-0.4, -0.2) is 52.8 Å². The molecule has 0 aromatic heterocycles. The number of piperazine rings is 1. The van der Waals surface area contributed by atoms with Crippen LogP contribution in [0.5, 0.6) is 17.2 Å². The highest BCUT2D eigenvalue weighted by atomic mass is 19.3. The van der Waals surface area contributed by atoms with E-state index in [9.17, 15) is 24.1 Å². The summed E-state index contributed by atoms with van der Waals surface area (Å²) in [6.07, 6.45) is -2.96. The van der Waals surface area contributed by atoms with Crippen molar-refractivity contribution in [3.05, 3.63) is 17.7 Å². The molecule has 20 heavy (non-hydrogen) atoms. The lowest BCUT2D eigenvalue weighted by Crippen LogP contribution is -2.45. The largest absolute Gasteiger partial charge is 0.504 e. The third kappa shape index (κ3) is 3.10. The normalized spacial score (nSPS) is 18.4. The van der Waals surface area contributed by atoms with Crippen molar-refractivity contribution in [3.8, 4) is 17.2 Å². The van der Waals surface area contributed by atoms with Gasteiger partial charge in [-0.05, 0) is 12.1 Å². The van der Waals surface area contributed by atoms with Gasteiger partial charge in [0.25, 0.3) is 0 Å². The molecule has 0 bridgehead atoms. The molecule has 2 rings (SSSR count). The van der Waals surface area contributed by atoms with Gasteiger partial charge in [-0.2, -0.15) is 0 Å². The maximum atomic E-state index is 12.8. The fraction of sp³-hybridized carbons (Fsp3) is 0.538. The van der Waals surface area contributed by atoms with Gasteiger partial charge < -0.3 is 20.6 Å². The summed E-state index contributed by atoms with van der Waals surface area (Å²) >= 11 is 0. The van der Waals surface area contributed by atoms with Gasteiger partial charge in [0, 0.05) is 44.2 Å². The molecule has 0 saturated carbocycles. The summed E-state index contributed by atoms with van der Waals surface area (Å²) < 4.78 is 25.6. The quantitative estimate of drug-likeness (QED) is 0.630. The molecule has 1 aliphatic rings. The molecule has 1 aromatic carbocycles. The summed E-state index contributed by atoms with van der Waals surface area (Å²) in [6.45, 7) is 2.53. The third-order valence-corrected chi connectivity index (χ3v) is 3.51. The predicted octanol–water partition coefficient (Wildman–Crippen LogP) is 1.40. The van der Waals surface area contributed by atoms with Gasteiger partial charge in [0.15, 0.2) is 11.5 Å². The monoisotopic (exact) mass is 288 g/mol. The molecular weight excluding hydrogens is 270 g/mol. The molecule has 0 unspecified atom stereocenters. The molecule has 7 heteroatoms. The smallest absolute Gasteiger partial charge is 0.240 e. The van der Waals surface area contributed by atoms with Crippen molar-refractivity contribution in [2.75, 3.05) is 26.2 Å². The standard InChI is InChI=1S/C13H18F2N2O3/c14-11(15)7-9(17-5-3-16-4-6-17)8-1-2-10(18)13(20)12(8)19/h1-2,9,11,16,18-20H,3-7H2/t9-/m0/s1. The number of phenolic OH excluding ortho intramolecular Hbond substituents is 3. The van der Waals surface area contributed by atoms with Crippen LogP contribution in [-0.2, 0) is 0 Å². The molecule has 1 fully saturated rings. The van der Waals surface area contributed by atoms with Gasteiger partial charge in [-0.25, -0.2) is 8.78 Å². The highest BCUT2D eigenvalue weighted by Crippen LogP contribution is 2.42. The molecule has 1 heterocycles. The highest BCUT2D eigenvalue weighted by molar-refractivity contribution is 5.54. The van der Waals surface area contributed by atoms with E-state index in [1.165, 1.54) is 12.1 Å². The molecule has 4 N–H and O–H groups in total. The number of alkyl halides is 2. The predicted molar refractivity (Wildman–Crippen MR) is 69.2 cm³/mol. The molecule has 0 aliphatic carbocycles. The van der Waals surface area contributed by atoms with Crippen molar-refractivity contribution in [2.45, 2.75) is 18.9 Å². The van der Waals surface area contributed by atoms with Gasteiger partial charge in [0.05, 0.1) is 0 Å². The molecule has 112 valence electrons. The SMILES string of the molecule is Oc1ccc([C@H](CC(F)F)N2CCNCC2)c(O)c1O. The van der Waals surface area contributed by atoms with Crippen molar-refractivity contribution in [3.63, 3.8) is 0 Å². The van der Waals surface area contributed by atoms with Gasteiger partial charge in [-0.1, -0.05) is 0 Å². The molecular formula is C13H18F2N2O3. The maximum Gasteiger partial charge on any atom is 0.240 e. The molecule has 1 saturated heterocycles. The molecule has 1 aromatic rings. The lowest BCUT2D eigenvalue weighted by molar-refractivity contribution is 0.0728. The van der Waals surface area contributed by atoms with E-state index < -0.39 is 36.1 Å². The first-order valence-electron chi connectivity index (χ1n) is 6.47. The lowest BCUT2D eigenvalue weighted by atomic mass is 9.99. The van der Waals surface area contributed by atoms with Gasteiger partial charge >= 0.3 is 0 Å². The minimum atomic E-state index is -2.52. The Bertz CT molecular complexity index is 465. The first-order valence-corrected chi connectivity index (χ1v) is 6.47. The van der Waals surface area contributed by atoms with Gasteiger partial charge in [-0.3, -0.25) is 4.90 Å². The van der Waals surface area contributed by atoms with Crippen LogP contribution >= 0.6 is 0 Å². The van der Waals surface area contributed by atoms with Crippen molar-refractivity contribution in [1.29, 1.82) is 0 Å². The topological polar surface area (TPSA) is 76.0 Å². The number of aromatic hydroxyl groups is 3. The van der Waals surface area contributed by atoms with Crippen LogP contribution in [0.1, 0.15) is 18.0 Å². The summed E-state index contributed by atoms with van der Waals surface area (Å²) in [5.41, 5.74) is 0.211. The summed E-state index contributed by atoms with van der Waals surface area (Å²) in [5, 5.41) is 31.9. The number of phenols is 3. The molecule has 1 atom stereocenters. The Morgan fingerprint density at radius 2 is 1.75 bits per heavy atom. The Labute approximate surface area is 115 Å². The number of rotatable bonds is 4. The number of hydrogen-bond donors (Lipinski definition) is 4. The van der Waals surface area contributed by atoms with Gasteiger partial charge in [0.2, 0.25) is 12.2 Å². The van der Waals surface area contributed by atoms with E-state index in [0.717, 1.165) is 0 Å². The Kier molecular flexibility index (Phi) is 4.61. The van der Waals surface area contributed by atoms with E-state index in [1.54, 1.807) is 0 Å². The fourth-order valence-corrected chi connectivity index (χ4v) is 2.49. The number of hydrogen-bond acceptors (Lipinski definition) is 5. The van der Waals surface area contributed by atoms with Crippen molar-refractivity contribution < 1.29 is 24.1 Å². The van der Waals surface area contributed by atoms with Crippen LogP contribution in [0.3, 0.4) is 0 Å². The van der Waals surface area contributed by atoms with E-state index in [-0.39, 0.29) is 5.56 Å². The molecule has 0 spiro atoms. The van der Waals surface area contributed by atoms with Crippen molar-refractivity contribution in [1.82, 2.24) is 10.2 Å². The summed E-state index contributed by atoms with van der Waals surface area (Å²) in [4.78, 5) is 1.84. The van der Waals surface area contributed by atoms with Crippen LogP contribution in [0.25, 0.3) is 0 Å². The van der Waals surface area contributed by atoms with Crippen LogP contribution in [0, 0.1) is 0 Å². The van der Waals surface area contributed by atoms with Crippen molar-refractivity contribution in [2.24, 2.45) is 0 Å². The number of nitrogens with one attached hydrogen (secondary N) is 1. The second kappa shape index (κ2) is 6.23. The Balaban J connectivity index is 2.32. The van der Waals surface area contributed by atoms with Gasteiger partial charge in [-0.15, -0.1) is 0 Å². The summed E-state index contributed by atoms with van der Waals surface area (Å²) in [5.74, 6) is -1.67. The average Bonchev–Trinajstić information content (AvgIpc) is 2.44. The van der Waals surface area contributed by atoms with Crippen LogP contribution in [0.2, 0.25) is 0 Å². The first-order chi connectivity index (χ1) is 9.50. The minimum absolute atomic E-state index is 0.211. The second-order valence-electron chi connectivity index (χ2n) is 4.80. The van der Waals surface area contributed by atoms with E-state index in [4.69, 9.17) is 0 Å². The van der Waals surface area contributed by atoms with Gasteiger partial charge in [0.1, 0.15) is 0 Å². The van der Waals surface area contributed by atoms with E-state index in [2.05, 4.69) is 5.32 Å². The number of nitrogens with zero attached hydrogens (tertiary/aromatic N) is 1. The molecule has 5 nitrogen and oxygen atoms in total. The zero-order chi connectivity index (χ0) is 14.7. The van der Waals surface area contributed by atoms with E-state index in [0.29, 0.717) is 26.2 Å². The first kappa shape index (κ1) is 14.8. The number of benzene rings is 1. The zero-order valence-corrected chi connectivity index (χ0v) is 10.9. The zero-order valence-electron chi connectivity index (χ0n) is 10.9. The van der Waals surface area contributed by atoms with E-state index in [1.807, 2.05) is 4.90 Å². The van der Waals surface area contributed by atoms with E-state index >= 15 is 0 Å². The maximum absolute atomic E-state index is 12.8. The Morgan fingerprint density at radius 3 is 2.35 bits per heavy atom. The molecule has 0 radical (unpaired) electrons. The minimum Gasteiger partial charge on any atom is -0.504 e. The molecule has 0 amide bonds. The highest BCUT2D eigenvalue weighted by Gasteiger charge is 2.29. The fourth-order valence-electron chi connectivity index (χ4n) is 2.49. The Hall–Kier alpha value is -1.60. The third-order valence-electron chi connectivity index (χ3n) is 3.51. The summed E-state index contributed by atoms with van der Waals surface area (Å²) in [6, 6.07) is 1.88. The van der Waals surface area contributed by atoms with Crippen LogP contribution in [0.4, 0.5) is 8.78 Å².